The molecule has 0 spiro atoms. The lowest BCUT2D eigenvalue weighted by Gasteiger charge is -2.10. The summed E-state index contributed by atoms with van der Waals surface area (Å²) < 4.78 is 1.80. The molecule has 3 rings (SSSR count). The number of aryl methyl sites for hydroxylation is 1. The molecule has 106 valence electrons. The number of thiophene rings is 1. The van der Waals surface area contributed by atoms with Crippen molar-refractivity contribution in [1.82, 2.24) is 15.1 Å². The van der Waals surface area contributed by atoms with Crippen molar-refractivity contribution >= 4 is 17.2 Å². The van der Waals surface area contributed by atoms with Crippen molar-refractivity contribution in [2.75, 3.05) is 0 Å². The van der Waals surface area contributed by atoms with Gasteiger partial charge in [-0.25, -0.2) is 4.68 Å². The van der Waals surface area contributed by atoms with Gasteiger partial charge in [0.2, 0.25) is 0 Å². The van der Waals surface area contributed by atoms with Crippen molar-refractivity contribution in [3.63, 3.8) is 0 Å². The lowest BCUT2D eigenvalue weighted by Crippen LogP contribution is -2.23. The first kappa shape index (κ1) is 13.6. The highest BCUT2D eigenvalue weighted by Gasteiger charge is 2.11. The van der Waals surface area contributed by atoms with Crippen LogP contribution < -0.4 is 5.32 Å². The summed E-state index contributed by atoms with van der Waals surface area (Å²) in [7, 11) is 0. The molecule has 1 N–H and O–H groups in total. The average Bonchev–Trinajstić information content (AvgIpc) is 3.16. The fourth-order valence-electron chi connectivity index (χ4n) is 2.16. The van der Waals surface area contributed by atoms with E-state index in [2.05, 4.69) is 10.4 Å². The minimum Gasteiger partial charge on any atom is -0.347 e. The number of rotatable bonds is 4. The number of hydrogen-bond acceptors (Lipinski definition) is 3. The zero-order chi connectivity index (χ0) is 14.7. The van der Waals surface area contributed by atoms with Gasteiger partial charge in [0.15, 0.2) is 0 Å². The van der Waals surface area contributed by atoms with E-state index in [0.29, 0.717) is 6.54 Å². The van der Waals surface area contributed by atoms with Crippen LogP contribution in [-0.2, 0) is 6.54 Å². The zero-order valence-corrected chi connectivity index (χ0v) is 12.4. The molecule has 4 nitrogen and oxygen atoms in total. The van der Waals surface area contributed by atoms with Crippen LogP contribution in [0, 0.1) is 6.92 Å². The average molecular weight is 297 g/mol. The minimum absolute atomic E-state index is 0.0298. The van der Waals surface area contributed by atoms with Crippen LogP contribution in [0.1, 0.15) is 20.8 Å². The summed E-state index contributed by atoms with van der Waals surface area (Å²) in [5, 5.41) is 9.15. The smallest absolute Gasteiger partial charge is 0.261 e. The molecule has 0 bridgehead atoms. The second-order valence-corrected chi connectivity index (χ2v) is 5.61. The number of carbonyl (C=O) groups excluding carboxylic acids is 1. The maximum Gasteiger partial charge on any atom is 0.261 e. The number of nitrogens with one attached hydrogen (secondary N) is 1. The number of aromatic nitrogens is 2. The molecule has 0 unspecified atom stereocenters. The fourth-order valence-corrected chi connectivity index (χ4v) is 3.00. The molecule has 0 fully saturated rings. The molecule has 3 aromatic rings. The lowest BCUT2D eigenvalue weighted by molar-refractivity contribution is 0.0954. The van der Waals surface area contributed by atoms with Crippen molar-refractivity contribution < 1.29 is 4.79 Å². The van der Waals surface area contributed by atoms with Crippen molar-refractivity contribution in [1.29, 1.82) is 0 Å². The van der Waals surface area contributed by atoms with Gasteiger partial charge in [-0.15, -0.1) is 11.3 Å². The summed E-state index contributed by atoms with van der Waals surface area (Å²) in [6.45, 7) is 2.43. The molecule has 1 aromatic carbocycles. The molecule has 5 heteroatoms. The van der Waals surface area contributed by atoms with Crippen LogP contribution >= 0.6 is 11.3 Å². The van der Waals surface area contributed by atoms with E-state index in [9.17, 15) is 4.79 Å². The normalized spacial score (nSPS) is 10.5. The van der Waals surface area contributed by atoms with Crippen LogP contribution in [0.2, 0.25) is 0 Å². The molecule has 0 aliphatic carbocycles. The van der Waals surface area contributed by atoms with E-state index in [4.69, 9.17) is 0 Å². The first-order valence-electron chi connectivity index (χ1n) is 6.66. The van der Waals surface area contributed by atoms with E-state index in [0.717, 1.165) is 21.7 Å². The van der Waals surface area contributed by atoms with Gasteiger partial charge >= 0.3 is 0 Å². The summed E-state index contributed by atoms with van der Waals surface area (Å²) in [5.41, 5.74) is 3.02. The Morgan fingerprint density at radius 3 is 2.86 bits per heavy atom. The molecular weight excluding hydrogens is 282 g/mol. The summed E-state index contributed by atoms with van der Waals surface area (Å²) in [4.78, 5) is 12.9. The third kappa shape index (κ3) is 2.87. The molecule has 2 aromatic heterocycles. The Morgan fingerprint density at radius 1 is 1.29 bits per heavy atom. The quantitative estimate of drug-likeness (QED) is 0.804. The van der Waals surface area contributed by atoms with Gasteiger partial charge in [-0.1, -0.05) is 18.2 Å². The van der Waals surface area contributed by atoms with Gasteiger partial charge in [-0.2, -0.15) is 5.10 Å². The van der Waals surface area contributed by atoms with E-state index < -0.39 is 0 Å². The second kappa shape index (κ2) is 5.93. The summed E-state index contributed by atoms with van der Waals surface area (Å²) in [6, 6.07) is 11.8. The zero-order valence-electron chi connectivity index (χ0n) is 11.6. The second-order valence-electron chi connectivity index (χ2n) is 4.69. The number of benzene rings is 1. The van der Waals surface area contributed by atoms with E-state index in [1.165, 1.54) is 11.3 Å². The monoisotopic (exact) mass is 297 g/mol. The van der Waals surface area contributed by atoms with E-state index >= 15 is 0 Å². The third-order valence-electron chi connectivity index (χ3n) is 3.25. The summed E-state index contributed by atoms with van der Waals surface area (Å²) >= 11 is 1.47. The Balaban J connectivity index is 1.77. The van der Waals surface area contributed by atoms with Crippen molar-refractivity contribution in [2.45, 2.75) is 13.5 Å². The van der Waals surface area contributed by atoms with Gasteiger partial charge < -0.3 is 5.32 Å². The number of para-hydroxylation sites is 1. The van der Waals surface area contributed by atoms with Gasteiger partial charge in [0.1, 0.15) is 0 Å². The van der Waals surface area contributed by atoms with Crippen LogP contribution in [0.15, 0.2) is 54.2 Å². The Labute approximate surface area is 127 Å². The topological polar surface area (TPSA) is 46.9 Å². The molecule has 0 saturated heterocycles. The third-order valence-corrected chi connectivity index (χ3v) is 4.27. The molecule has 0 aliphatic heterocycles. The molecular formula is C16H15N3OS. The van der Waals surface area contributed by atoms with E-state index in [1.54, 1.807) is 10.9 Å². The van der Waals surface area contributed by atoms with Crippen molar-refractivity contribution in [2.24, 2.45) is 0 Å². The molecule has 0 aliphatic rings. The standard InChI is InChI=1S/C16H15N3OS/c1-12-7-10-21-15(12)16(20)17-11-13-5-2-3-6-14(13)19-9-4-8-18-19/h2-10H,11H2,1H3,(H,17,20). The van der Waals surface area contributed by atoms with Crippen LogP contribution in [0.4, 0.5) is 0 Å². The molecule has 1 amide bonds. The van der Waals surface area contributed by atoms with E-state index in [1.807, 2.05) is 54.9 Å². The van der Waals surface area contributed by atoms with Crippen LogP contribution in [0.25, 0.3) is 5.69 Å². The van der Waals surface area contributed by atoms with Crippen LogP contribution in [0.5, 0.6) is 0 Å². The van der Waals surface area contributed by atoms with Gasteiger partial charge in [0.05, 0.1) is 10.6 Å². The molecule has 0 atom stereocenters. The number of carbonyl (C=O) groups is 1. The number of amides is 1. The molecule has 0 radical (unpaired) electrons. The van der Waals surface area contributed by atoms with E-state index in [-0.39, 0.29) is 5.91 Å². The predicted molar refractivity (Wildman–Crippen MR) is 83.8 cm³/mol. The minimum atomic E-state index is -0.0298. The van der Waals surface area contributed by atoms with Gasteiger partial charge in [-0.3, -0.25) is 4.79 Å². The Hall–Kier alpha value is -2.40. The summed E-state index contributed by atoms with van der Waals surface area (Å²) in [5.74, 6) is -0.0298. The highest BCUT2D eigenvalue weighted by atomic mass is 32.1. The lowest BCUT2D eigenvalue weighted by atomic mass is 10.1. The van der Waals surface area contributed by atoms with Gasteiger partial charge in [0, 0.05) is 18.9 Å². The largest absolute Gasteiger partial charge is 0.347 e. The highest BCUT2D eigenvalue weighted by Crippen LogP contribution is 2.17. The maximum absolute atomic E-state index is 12.2. The van der Waals surface area contributed by atoms with Crippen LogP contribution in [0.3, 0.4) is 0 Å². The van der Waals surface area contributed by atoms with Gasteiger partial charge in [0.25, 0.3) is 5.91 Å². The van der Waals surface area contributed by atoms with Crippen molar-refractivity contribution in [3.05, 3.63) is 70.2 Å². The fraction of sp³-hybridized carbons (Fsp3) is 0.125. The molecule has 0 saturated carbocycles. The van der Waals surface area contributed by atoms with Crippen molar-refractivity contribution in [3.8, 4) is 5.69 Å². The van der Waals surface area contributed by atoms with Crippen LogP contribution in [-0.4, -0.2) is 15.7 Å². The van der Waals surface area contributed by atoms with Gasteiger partial charge in [-0.05, 0) is 41.6 Å². The molecule has 21 heavy (non-hydrogen) atoms. The number of nitrogens with zero attached hydrogens (tertiary/aromatic N) is 2. The Bertz CT molecular complexity index is 746. The predicted octanol–water partition coefficient (Wildman–Crippen LogP) is 3.17. The first-order valence-corrected chi connectivity index (χ1v) is 7.54. The maximum atomic E-state index is 12.2. The Morgan fingerprint density at radius 2 is 2.14 bits per heavy atom. The first-order chi connectivity index (χ1) is 10.3. The summed E-state index contributed by atoms with van der Waals surface area (Å²) in [6.07, 6.45) is 3.63. The highest BCUT2D eigenvalue weighted by molar-refractivity contribution is 7.12. The molecule has 2 heterocycles. The SMILES string of the molecule is Cc1ccsc1C(=O)NCc1ccccc1-n1cccn1. The number of hydrogen-bond donors (Lipinski definition) is 1. The Kier molecular flexibility index (Phi) is 3.83.